The average molecular weight is 434 g/mol. The monoisotopic (exact) mass is 433 g/mol. The van der Waals surface area contributed by atoms with Gasteiger partial charge in [0.25, 0.3) is 0 Å². The van der Waals surface area contributed by atoms with E-state index >= 15 is 0 Å². The predicted molar refractivity (Wildman–Crippen MR) is 127 cm³/mol. The molecule has 1 aromatic heterocycles. The SMILES string of the molecule is COc1ccc(-c2nc(CN3CCN(C/C=C/c4ccccc4)CC3)c(C)o2)c(OC)c1. The highest BCUT2D eigenvalue weighted by Gasteiger charge is 2.21. The zero-order valence-corrected chi connectivity index (χ0v) is 19.1. The summed E-state index contributed by atoms with van der Waals surface area (Å²) in [5, 5.41) is 0. The lowest BCUT2D eigenvalue weighted by molar-refractivity contribution is 0.135. The predicted octanol–water partition coefficient (Wildman–Crippen LogP) is 4.50. The van der Waals surface area contributed by atoms with Crippen LogP contribution < -0.4 is 9.47 Å². The number of hydrogen-bond acceptors (Lipinski definition) is 6. The summed E-state index contributed by atoms with van der Waals surface area (Å²) in [5.41, 5.74) is 3.06. The van der Waals surface area contributed by atoms with Crippen LogP contribution in [0.4, 0.5) is 0 Å². The van der Waals surface area contributed by atoms with Crippen LogP contribution in [0.1, 0.15) is 17.0 Å². The van der Waals surface area contributed by atoms with Crippen molar-refractivity contribution in [2.45, 2.75) is 13.5 Å². The zero-order chi connectivity index (χ0) is 22.3. The number of ether oxygens (including phenoxy) is 2. The molecule has 4 rings (SSSR count). The lowest BCUT2D eigenvalue weighted by Crippen LogP contribution is -2.45. The normalized spacial score (nSPS) is 15.3. The smallest absolute Gasteiger partial charge is 0.230 e. The van der Waals surface area contributed by atoms with Gasteiger partial charge in [-0.25, -0.2) is 4.98 Å². The minimum Gasteiger partial charge on any atom is -0.497 e. The Hall–Kier alpha value is -3.09. The van der Waals surface area contributed by atoms with Crippen LogP contribution >= 0.6 is 0 Å². The van der Waals surface area contributed by atoms with Crippen LogP contribution in [0.2, 0.25) is 0 Å². The lowest BCUT2D eigenvalue weighted by Gasteiger charge is -2.33. The molecule has 1 fully saturated rings. The summed E-state index contributed by atoms with van der Waals surface area (Å²) in [6.45, 7) is 7.89. The summed E-state index contributed by atoms with van der Waals surface area (Å²) in [4.78, 5) is 9.71. The fourth-order valence-corrected chi connectivity index (χ4v) is 3.91. The van der Waals surface area contributed by atoms with Crippen molar-refractivity contribution in [3.63, 3.8) is 0 Å². The quantitative estimate of drug-likeness (QED) is 0.521. The number of oxazole rings is 1. The van der Waals surface area contributed by atoms with Crippen LogP contribution in [0, 0.1) is 6.92 Å². The first kappa shape index (κ1) is 22.1. The number of benzene rings is 2. The van der Waals surface area contributed by atoms with Crippen LogP contribution in [0.5, 0.6) is 11.5 Å². The first-order valence-electron chi connectivity index (χ1n) is 11.0. The molecule has 6 heteroatoms. The standard InChI is InChI=1S/C26H31N3O3/c1-20-24(27-26(32-20)23-12-11-22(30-2)18-25(23)31-3)19-29-16-14-28(15-17-29)13-7-10-21-8-5-4-6-9-21/h4-12,18H,13-17,19H2,1-3H3/b10-7+. The number of rotatable bonds is 8. The Morgan fingerprint density at radius 2 is 1.72 bits per heavy atom. The molecule has 0 saturated carbocycles. The van der Waals surface area contributed by atoms with E-state index in [1.165, 1.54) is 5.56 Å². The molecule has 3 aromatic rings. The van der Waals surface area contributed by atoms with Crippen molar-refractivity contribution in [2.75, 3.05) is 46.9 Å². The molecule has 0 unspecified atom stereocenters. The van der Waals surface area contributed by atoms with Crippen molar-refractivity contribution in [1.29, 1.82) is 0 Å². The number of aromatic nitrogens is 1. The molecule has 0 atom stereocenters. The highest BCUT2D eigenvalue weighted by molar-refractivity contribution is 5.65. The van der Waals surface area contributed by atoms with Gasteiger partial charge in [-0.15, -0.1) is 0 Å². The third-order valence-electron chi connectivity index (χ3n) is 5.84. The lowest BCUT2D eigenvalue weighted by atomic mass is 10.2. The Balaban J connectivity index is 1.33. The van der Waals surface area contributed by atoms with Crippen LogP contribution in [0.25, 0.3) is 17.5 Å². The Kier molecular flexibility index (Phi) is 7.24. The minimum absolute atomic E-state index is 0.585. The molecule has 0 N–H and O–H groups in total. The zero-order valence-electron chi connectivity index (χ0n) is 19.1. The Morgan fingerprint density at radius 3 is 2.44 bits per heavy atom. The Morgan fingerprint density at radius 1 is 0.969 bits per heavy atom. The van der Waals surface area contributed by atoms with Crippen molar-refractivity contribution in [1.82, 2.24) is 14.8 Å². The molecular weight excluding hydrogens is 402 g/mol. The first-order valence-corrected chi connectivity index (χ1v) is 11.0. The second-order valence-corrected chi connectivity index (χ2v) is 7.98. The van der Waals surface area contributed by atoms with Crippen LogP contribution in [0.3, 0.4) is 0 Å². The summed E-state index contributed by atoms with van der Waals surface area (Å²) in [6.07, 6.45) is 4.45. The van der Waals surface area contributed by atoms with E-state index in [4.69, 9.17) is 18.9 Å². The molecule has 2 aromatic carbocycles. The van der Waals surface area contributed by atoms with E-state index in [-0.39, 0.29) is 0 Å². The Bertz CT molecular complexity index is 1040. The number of hydrogen-bond donors (Lipinski definition) is 0. The molecule has 0 bridgehead atoms. The van der Waals surface area contributed by atoms with Crippen molar-refractivity contribution >= 4 is 6.08 Å². The average Bonchev–Trinajstić information content (AvgIpc) is 3.20. The molecule has 0 radical (unpaired) electrons. The van der Waals surface area contributed by atoms with Gasteiger partial charge in [0.1, 0.15) is 17.3 Å². The van der Waals surface area contributed by atoms with Gasteiger partial charge in [-0.3, -0.25) is 9.80 Å². The summed E-state index contributed by atoms with van der Waals surface area (Å²) < 4.78 is 16.8. The summed E-state index contributed by atoms with van der Waals surface area (Å²) in [6, 6.07) is 16.1. The molecule has 32 heavy (non-hydrogen) atoms. The van der Waals surface area contributed by atoms with Crippen LogP contribution in [-0.2, 0) is 6.54 Å². The van der Waals surface area contributed by atoms with E-state index in [1.807, 2.05) is 31.2 Å². The van der Waals surface area contributed by atoms with E-state index < -0.39 is 0 Å². The van der Waals surface area contributed by atoms with Gasteiger partial charge in [-0.2, -0.15) is 0 Å². The van der Waals surface area contributed by atoms with Crippen molar-refractivity contribution in [3.05, 3.63) is 71.6 Å². The maximum absolute atomic E-state index is 6.00. The minimum atomic E-state index is 0.585. The van der Waals surface area contributed by atoms with Gasteiger partial charge in [0, 0.05) is 45.3 Å². The van der Waals surface area contributed by atoms with E-state index in [1.54, 1.807) is 14.2 Å². The molecule has 2 heterocycles. The molecule has 6 nitrogen and oxygen atoms in total. The third-order valence-corrected chi connectivity index (χ3v) is 5.84. The van der Waals surface area contributed by atoms with E-state index in [0.29, 0.717) is 11.6 Å². The first-order chi connectivity index (χ1) is 15.7. The van der Waals surface area contributed by atoms with Crippen LogP contribution in [0.15, 0.2) is 59.0 Å². The van der Waals surface area contributed by atoms with Crippen molar-refractivity contribution in [2.24, 2.45) is 0 Å². The van der Waals surface area contributed by atoms with Crippen molar-refractivity contribution in [3.8, 4) is 23.0 Å². The molecule has 0 amide bonds. The summed E-state index contributed by atoms with van der Waals surface area (Å²) in [5.74, 6) is 2.87. The fourth-order valence-electron chi connectivity index (χ4n) is 3.91. The number of methoxy groups -OCH3 is 2. The maximum Gasteiger partial charge on any atom is 0.230 e. The molecular formula is C26H31N3O3. The fraction of sp³-hybridized carbons (Fsp3) is 0.346. The summed E-state index contributed by atoms with van der Waals surface area (Å²) >= 11 is 0. The Labute approximate surface area is 190 Å². The molecule has 0 spiro atoms. The second kappa shape index (κ2) is 10.5. The van der Waals surface area contributed by atoms with Gasteiger partial charge >= 0.3 is 0 Å². The van der Waals surface area contributed by atoms with Gasteiger partial charge in [-0.05, 0) is 24.6 Å². The second-order valence-electron chi connectivity index (χ2n) is 7.98. The molecule has 1 saturated heterocycles. The van der Waals surface area contributed by atoms with Gasteiger partial charge in [0.2, 0.25) is 5.89 Å². The summed E-state index contributed by atoms with van der Waals surface area (Å²) in [7, 11) is 3.28. The van der Waals surface area contributed by atoms with E-state index in [0.717, 1.165) is 62.0 Å². The highest BCUT2D eigenvalue weighted by atomic mass is 16.5. The van der Waals surface area contributed by atoms with E-state index in [2.05, 4.69) is 46.2 Å². The number of nitrogens with zero attached hydrogens (tertiary/aromatic N) is 3. The van der Waals surface area contributed by atoms with E-state index in [9.17, 15) is 0 Å². The molecule has 0 aliphatic carbocycles. The topological polar surface area (TPSA) is 51.0 Å². The molecule has 1 aliphatic heterocycles. The highest BCUT2D eigenvalue weighted by Crippen LogP contribution is 2.33. The third kappa shape index (κ3) is 5.39. The van der Waals surface area contributed by atoms with Gasteiger partial charge in [0.05, 0.1) is 25.5 Å². The molecule has 1 aliphatic rings. The largest absolute Gasteiger partial charge is 0.497 e. The van der Waals surface area contributed by atoms with Crippen LogP contribution in [-0.4, -0.2) is 61.7 Å². The number of aryl methyl sites for hydroxylation is 1. The number of piperazine rings is 1. The van der Waals surface area contributed by atoms with Gasteiger partial charge in [0.15, 0.2) is 0 Å². The van der Waals surface area contributed by atoms with Gasteiger partial charge < -0.3 is 13.9 Å². The van der Waals surface area contributed by atoms with Gasteiger partial charge in [-0.1, -0.05) is 42.5 Å². The maximum atomic E-state index is 6.00. The van der Waals surface area contributed by atoms with Crippen molar-refractivity contribution < 1.29 is 13.9 Å². The molecule has 168 valence electrons.